The number of anilines is 3. The van der Waals surface area contributed by atoms with Crippen LogP contribution in [0.3, 0.4) is 0 Å². The Morgan fingerprint density at radius 2 is 1.81 bits per heavy atom. The van der Waals surface area contributed by atoms with Crippen molar-refractivity contribution in [2.24, 2.45) is 0 Å². The van der Waals surface area contributed by atoms with Gasteiger partial charge in [0.1, 0.15) is 23.1 Å². The van der Waals surface area contributed by atoms with E-state index in [4.69, 9.17) is 4.74 Å². The molecule has 5 nitrogen and oxygen atoms in total. The van der Waals surface area contributed by atoms with Crippen LogP contribution in [0.5, 0.6) is 0 Å². The molecule has 1 N–H and O–H groups in total. The van der Waals surface area contributed by atoms with Gasteiger partial charge in [0.05, 0.1) is 13.2 Å². The number of hydrogen-bond acceptors (Lipinski definition) is 5. The first-order chi connectivity index (χ1) is 10.2. The zero-order chi connectivity index (χ0) is 14.7. The van der Waals surface area contributed by atoms with E-state index in [0.717, 1.165) is 13.1 Å². The highest BCUT2D eigenvalue weighted by Crippen LogP contribution is 2.22. The average Bonchev–Trinajstić information content (AvgIpc) is 2.52. The highest BCUT2D eigenvalue weighted by molar-refractivity contribution is 5.56. The van der Waals surface area contributed by atoms with Crippen LogP contribution in [0.2, 0.25) is 0 Å². The number of nitrogens with one attached hydrogen (secondary N) is 1. The van der Waals surface area contributed by atoms with Crippen LogP contribution in [-0.2, 0) is 4.74 Å². The van der Waals surface area contributed by atoms with Crippen LogP contribution in [0, 0.1) is 11.6 Å². The van der Waals surface area contributed by atoms with Crippen molar-refractivity contribution in [3.63, 3.8) is 0 Å². The molecule has 1 aromatic carbocycles. The largest absolute Gasteiger partial charge is 0.378 e. The molecule has 0 radical (unpaired) electrons. The lowest BCUT2D eigenvalue weighted by molar-refractivity contribution is 0.122. The number of aromatic nitrogens is 2. The predicted molar refractivity (Wildman–Crippen MR) is 74.7 cm³/mol. The minimum Gasteiger partial charge on any atom is -0.378 e. The predicted octanol–water partition coefficient (Wildman–Crippen LogP) is 2.33. The number of halogens is 2. The zero-order valence-electron chi connectivity index (χ0n) is 11.2. The van der Waals surface area contributed by atoms with Gasteiger partial charge >= 0.3 is 0 Å². The van der Waals surface area contributed by atoms with Crippen LogP contribution in [0.4, 0.5) is 26.2 Å². The molecule has 0 amide bonds. The molecule has 0 unspecified atom stereocenters. The Morgan fingerprint density at radius 3 is 2.52 bits per heavy atom. The highest BCUT2D eigenvalue weighted by atomic mass is 19.1. The number of rotatable bonds is 3. The van der Waals surface area contributed by atoms with Crippen molar-refractivity contribution in [1.82, 2.24) is 9.97 Å². The Bertz CT molecular complexity index is 612. The molecular weight excluding hydrogens is 278 g/mol. The number of morpholine rings is 1. The van der Waals surface area contributed by atoms with E-state index in [9.17, 15) is 8.78 Å². The fourth-order valence-corrected chi connectivity index (χ4v) is 2.11. The summed E-state index contributed by atoms with van der Waals surface area (Å²) in [5.41, 5.74) is -0.253. The van der Waals surface area contributed by atoms with Crippen molar-refractivity contribution >= 4 is 17.5 Å². The van der Waals surface area contributed by atoms with Crippen molar-refractivity contribution in [3.8, 4) is 0 Å². The number of para-hydroxylation sites is 1. The van der Waals surface area contributed by atoms with E-state index in [2.05, 4.69) is 15.3 Å². The average molecular weight is 292 g/mol. The van der Waals surface area contributed by atoms with E-state index in [1.54, 1.807) is 12.3 Å². The van der Waals surface area contributed by atoms with E-state index < -0.39 is 11.6 Å². The van der Waals surface area contributed by atoms with E-state index >= 15 is 0 Å². The molecule has 0 spiro atoms. The first-order valence-corrected chi connectivity index (χ1v) is 6.61. The molecule has 1 aromatic heterocycles. The van der Waals surface area contributed by atoms with Crippen molar-refractivity contribution in [2.75, 3.05) is 36.5 Å². The van der Waals surface area contributed by atoms with Gasteiger partial charge in [0.15, 0.2) is 0 Å². The second kappa shape index (κ2) is 6.01. The van der Waals surface area contributed by atoms with Gasteiger partial charge in [-0.1, -0.05) is 6.07 Å². The van der Waals surface area contributed by atoms with Gasteiger partial charge in [0.2, 0.25) is 5.95 Å². The van der Waals surface area contributed by atoms with Crippen LogP contribution in [0.25, 0.3) is 0 Å². The molecule has 2 heterocycles. The number of hydrogen-bond donors (Lipinski definition) is 1. The summed E-state index contributed by atoms with van der Waals surface area (Å²) >= 11 is 0. The van der Waals surface area contributed by atoms with Gasteiger partial charge in [-0.05, 0) is 18.2 Å². The van der Waals surface area contributed by atoms with E-state index in [-0.39, 0.29) is 11.6 Å². The second-order valence-electron chi connectivity index (χ2n) is 4.56. The summed E-state index contributed by atoms with van der Waals surface area (Å²) in [7, 11) is 0. The number of benzene rings is 1. The minimum absolute atomic E-state index is 0.156. The van der Waals surface area contributed by atoms with Crippen LogP contribution < -0.4 is 10.2 Å². The molecule has 0 saturated carbocycles. The van der Waals surface area contributed by atoms with Gasteiger partial charge < -0.3 is 15.0 Å². The molecule has 110 valence electrons. The molecule has 7 heteroatoms. The third-order valence-electron chi connectivity index (χ3n) is 3.18. The lowest BCUT2D eigenvalue weighted by atomic mass is 10.3. The summed E-state index contributed by atoms with van der Waals surface area (Å²) in [6, 6.07) is 5.42. The highest BCUT2D eigenvalue weighted by Gasteiger charge is 2.14. The van der Waals surface area contributed by atoms with Crippen molar-refractivity contribution in [3.05, 3.63) is 42.1 Å². The summed E-state index contributed by atoms with van der Waals surface area (Å²) < 4.78 is 32.5. The van der Waals surface area contributed by atoms with Gasteiger partial charge in [0.25, 0.3) is 0 Å². The van der Waals surface area contributed by atoms with Gasteiger partial charge in [-0.15, -0.1) is 0 Å². The maximum atomic E-state index is 13.6. The van der Waals surface area contributed by atoms with Crippen molar-refractivity contribution < 1.29 is 13.5 Å². The molecule has 0 atom stereocenters. The minimum atomic E-state index is -0.685. The first-order valence-electron chi connectivity index (χ1n) is 6.61. The van der Waals surface area contributed by atoms with Gasteiger partial charge in [-0.2, -0.15) is 4.98 Å². The summed E-state index contributed by atoms with van der Waals surface area (Å²) in [5, 5.41) is 2.59. The fourth-order valence-electron chi connectivity index (χ4n) is 2.11. The van der Waals surface area contributed by atoms with Crippen LogP contribution in [-0.4, -0.2) is 36.3 Å². The van der Waals surface area contributed by atoms with E-state index in [0.29, 0.717) is 19.0 Å². The van der Waals surface area contributed by atoms with Crippen LogP contribution in [0.15, 0.2) is 30.5 Å². The Hall–Kier alpha value is -2.28. The summed E-state index contributed by atoms with van der Waals surface area (Å²) in [5.74, 6) is -0.513. The standard InChI is InChI=1S/C14H14F2N4O/c15-10-2-1-3-11(16)13(10)19-14-17-5-4-12(18-14)20-6-8-21-9-7-20/h1-5H,6-9H2,(H,17,18,19). The smallest absolute Gasteiger partial charge is 0.229 e. The summed E-state index contributed by atoms with van der Waals surface area (Å²) in [4.78, 5) is 10.3. The molecule has 1 fully saturated rings. The molecular formula is C14H14F2N4O. The first kappa shape index (κ1) is 13.7. The number of ether oxygens (including phenoxy) is 1. The van der Waals surface area contributed by atoms with Crippen molar-refractivity contribution in [2.45, 2.75) is 0 Å². The topological polar surface area (TPSA) is 50.3 Å². The third-order valence-corrected chi connectivity index (χ3v) is 3.18. The van der Waals surface area contributed by atoms with E-state index in [1.165, 1.54) is 18.2 Å². The monoisotopic (exact) mass is 292 g/mol. The fraction of sp³-hybridized carbons (Fsp3) is 0.286. The quantitative estimate of drug-likeness (QED) is 0.941. The molecule has 3 rings (SSSR count). The Labute approximate surface area is 120 Å². The molecule has 1 aliphatic heterocycles. The molecule has 1 saturated heterocycles. The maximum Gasteiger partial charge on any atom is 0.229 e. The molecule has 0 aliphatic carbocycles. The van der Waals surface area contributed by atoms with Gasteiger partial charge in [-0.25, -0.2) is 13.8 Å². The van der Waals surface area contributed by atoms with Gasteiger partial charge in [0, 0.05) is 19.3 Å². The number of nitrogens with zero attached hydrogens (tertiary/aromatic N) is 3. The van der Waals surface area contributed by atoms with Crippen molar-refractivity contribution in [1.29, 1.82) is 0 Å². The van der Waals surface area contributed by atoms with Crippen LogP contribution in [0.1, 0.15) is 0 Å². The SMILES string of the molecule is Fc1cccc(F)c1Nc1nccc(N2CCOCC2)n1. The molecule has 21 heavy (non-hydrogen) atoms. The Morgan fingerprint density at radius 1 is 1.10 bits per heavy atom. The summed E-state index contributed by atoms with van der Waals surface area (Å²) in [6.45, 7) is 2.72. The summed E-state index contributed by atoms with van der Waals surface area (Å²) in [6.07, 6.45) is 1.55. The molecule has 0 bridgehead atoms. The maximum absolute atomic E-state index is 13.6. The van der Waals surface area contributed by atoms with Gasteiger partial charge in [-0.3, -0.25) is 0 Å². The van der Waals surface area contributed by atoms with E-state index in [1.807, 2.05) is 4.90 Å². The Balaban J connectivity index is 1.83. The Kier molecular flexibility index (Phi) is 3.92. The molecule has 1 aliphatic rings. The third kappa shape index (κ3) is 3.08. The lowest BCUT2D eigenvalue weighted by Gasteiger charge is -2.27. The second-order valence-corrected chi connectivity index (χ2v) is 4.56. The molecule has 2 aromatic rings. The normalized spacial score (nSPS) is 15.0. The van der Waals surface area contributed by atoms with Crippen LogP contribution >= 0.6 is 0 Å². The zero-order valence-corrected chi connectivity index (χ0v) is 11.2. The lowest BCUT2D eigenvalue weighted by Crippen LogP contribution is -2.36.